The number of benzene rings is 2. The highest BCUT2D eigenvalue weighted by Crippen LogP contribution is 2.25. The largest absolute Gasteiger partial charge is 0.494 e. The molecule has 1 atom stereocenters. The van der Waals surface area contributed by atoms with Crippen LogP contribution < -0.4 is 4.74 Å². The fourth-order valence-corrected chi connectivity index (χ4v) is 4.17. The first kappa shape index (κ1) is 28.0. The third kappa shape index (κ3) is 11.2. The number of unbranched alkanes of at least 4 members (excludes halogenated alkanes) is 10. The Hall–Kier alpha value is -2.29. The number of esters is 1. The number of ether oxygens (including phenoxy) is 2. The normalized spacial score (nSPS) is 11.9. The van der Waals surface area contributed by atoms with E-state index in [-0.39, 0.29) is 12.1 Å². The van der Waals surface area contributed by atoms with Crippen LogP contribution in [0.3, 0.4) is 0 Å². The van der Waals surface area contributed by atoms with Gasteiger partial charge in [0.15, 0.2) is 0 Å². The van der Waals surface area contributed by atoms with Gasteiger partial charge < -0.3 is 9.47 Å². The molecule has 2 aromatic carbocycles. The highest BCUT2D eigenvalue weighted by molar-refractivity contribution is 5.69. The molecule has 0 N–H and O–H groups in total. The fraction of sp³-hybridized carbons (Fsp3) is 0.581. The van der Waals surface area contributed by atoms with E-state index in [2.05, 4.69) is 43.3 Å². The average Bonchev–Trinajstić information content (AvgIpc) is 2.85. The predicted octanol–water partition coefficient (Wildman–Crippen LogP) is 9.45. The number of hydrogen-bond acceptors (Lipinski definition) is 3. The van der Waals surface area contributed by atoms with Crippen molar-refractivity contribution in [1.29, 1.82) is 0 Å². The van der Waals surface area contributed by atoms with Gasteiger partial charge in [0.2, 0.25) is 0 Å². The second-order valence-corrected chi connectivity index (χ2v) is 9.41. The Labute approximate surface area is 208 Å². The van der Waals surface area contributed by atoms with E-state index in [1.54, 1.807) is 0 Å². The summed E-state index contributed by atoms with van der Waals surface area (Å²) >= 11 is 0. The second kappa shape index (κ2) is 17.2. The van der Waals surface area contributed by atoms with Crippen LogP contribution in [0.5, 0.6) is 5.75 Å². The van der Waals surface area contributed by atoms with Crippen LogP contribution in [-0.2, 0) is 9.53 Å². The molecule has 0 saturated heterocycles. The smallest absolute Gasteiger partial charge is 0.306 e. The molecule has 0 heterocycles. The Kier molecular flexibility index (Phi) is 14.1. The van der Waals surface area contributed by atoms with Crippen molar-refractivity contribution in [3.8, 4) is 16.9 Å². The molecule has 0 aliphatic carbocycles. The SMILES string of the molecule is CCCCCCCCCCCCCOc1ccc(-c2ccc(C(C)OC(=O)CCC)cc2)cc1. The highest BCUT2D eigenvalue weighted by Gasteiger charge is 2.11. The zero-order valence-electron chi connectivity index (χ0n) is 21.8. The third-order valence-electron chi connectivity index (χ3n) is 6.35. The zero-order valence-corrected chi connectivity index (χ0v) is 21.8. The van der Waals surface area contributed by atoms with Gasteiger partial charge in [0, 0.05) is 6.42 Å². The quantitative estimate of drug-likeness (QED) is 0.162. The highest BCUT2D eigenvalue weighted by atomic mass is 16.5. The molecular weight excluding hydrogens is 420 g/mol. The first-order chi connectivity index (χ1) is 16.6. The number of carbonyl (C=O) groups is 1. The molecule has 0 saturated carbocycles. The topological polar surface area (TPSA) is 35.5 Å². The van der Waals surface area contributed by atoms with Gasteiger partial charge in [-0.25, -0.2) is 0 Å². The molecule has 34 heavy (non-hydrogen) atoms. The monoisotopic (exact) mass is 466 g/mol. The van der Waals surface area contributed by atoms with Gasteiger partial charge in [0.05, 0.1) is 6.61 Å². The fourth-order valence-electron chi connectivity index (χ4n) is 4.17. The van der Waals surface area contributed by atoms with Crippen LogP contribution in [0.25, 0.3) is 11.1 Å². The van der Waals surface area contributed by atoms with Crippen molar-refractivity contribution in [3.05, 3.63) is 54.1 Å². The van der Waals surface area contributed by atoms with Gasteiger partial charge in [-0.2, -0.15) is 0 Å². The van der Waals surface area contributed by atoms with Gasteiger partial charge in [-0.3, -0.25) is 4.79 Å². The second-order valence-electron chi connectivity index (χ2n) is 9.41. The summed E-state index contributed by atoms with van der Waals surface area (Å²) < 4.78 is 11.4. The molecule has 2 rings (SSSR count). The van der Waals surface area contributed by atoms with Crippen molar-refractivity contribution in [2.75, 3.05) is 6.61 Å². The Morgan fingerprint density at radius 1 is 0.676 bits per heavy atom. The Bertz CT molecular complexity index is 779. The van der Waals surface area contributed by atoms with Gasteiger partial charge >= 0.3 is 5.97 Å². The maximum atomic E-state index is 11.7. The van der Waals surface area contributed by atoms with Crippen LogP contribution in [0.1, 0.15) is 116 Å². The maximum absolute atomic E-state index is 11.7. The minimum absolute atomic E-state index is 0.136. The lowest BCUT2D eigenvalue weighted by molar-refractivity contribution is -0.148. The van der Waals surface area contributed by atoms with E-state index in [1.807, 2.05) is 26.0 Å². The lowest BCUT2D eigenvalue weighted by Crippen LogP contribution is -2.08. The van der Waals surface area contributed by atoms with Crippen LogP contribution in [0, 0.1) is 0 Å². The first-order valence-electron chi connectivity index (χ1n) is 13.7. The van der Waals surface area contributed by atoms with Crippen LogP contribution in [0.2, 0.25) is 0 Å². The molecule has 3 nitrogen and oxygen atoms in total. The summed E-state index contributed by atoms with van der Waals surface area (Å²) in [7, 11) is 0. The predicted molar refractivity (Wildman–Crippen MR) is 143 cm³/mol. The molecule has 1 unspecified atom stereocenters. The van der Waals surface area contributed by atoms with Crippen LogP contribution in [0.4, 0.5) is 0 Å². The van der Waals surface area contributed by atoms with E-state index >= 15 is 0 Å². The molecule has 0 aliphatic rings. The van der Waals surface area contributed by atoms with Crippen LogP contribution in [0.15, 0.2) is 48.5 Å². The molecule has 0 aliphatic heterocycles. The zero-order chi connectivity index (χ0) is 24.4. The van der Waals surface area contributed by atoms with Crippen molar-refractivity contribution >= 4 is 5.97 Å². The van der Waals surface area contributed by atoms with E-state index in [1.165, 1.54) is 64.2 Å². The Balaban J connectivity index is 1.62. The van der Waals surface area contributed by atoms with Crippen molar-refractivity contribution in [2.24, 2.45) is 0 Å². The van der Waals surface area contributed by atoms with Crippen molar-refractivity contribution in [2.45, 2.75) is 110 Å². The molecule has 2 aromatic rings. The van der Waals surface area contributed by atoms with Crippen molar-refractivity contribution in [1.82, 2.24) is 0 Å². The van der Waals surface area contributed by atoms with Crippen LogP contribution in [-0.4, -0.2) is 12.6 Å². The van der Waals surface area contributed by atoms with Gasteiger partial charge in [0.25, 0.3) is 0 Å². The van der Waals surface area contributed by atoms with E-state index in [4.69, 9.17) is 9.47 Å². The molecular formula is C31H46O3. The van der Waals surface area contributed by atoms with E-state index in [0.29, 0.717) is 6.42 Å². The molecule has 3 heteroatoms. The van der Waals surface area contributed by atoms with Gasteiger partial charge in [0.1, 0.15) is 11.9 Å². The van der Waals surface area contributed by atoms with Crippen molar-refractivity contribution < 1.29 is 14.3 Å². The first-order valence-corrected chi connectivity index (χ1v) is 13.7. The minimum Gasteiger partial charge on any atom is -0.494 e. The molecule has 0 spiro atoms. The molecule has 0 fully saturated rings. The lowest BCUT2D eigenvalue weighted by Gasteiger charge is -2.14. The molecule has 0 amide bonds. The number of hydrogen-bond donors (Lipinski definition) is 0. The molecule has 0 bridgehead atoms. The molecule has 0 aromatic heterocycles. The standard InChI is InChI=1S/C31H46O3/c1-4-6-7-8-9-10-11-12-13-14-15-25-33-30-23-21-29(22-24-30)28-19-17-27(18-20-28)26(3)34-31(32)16-5-2/h17-24,26H,4-16,25H2,1-3H3. The van der Waals surface area contributed by atoms with E-state index < -0.39 is 0 Å². The van der Waals surface area contributed by atoms with E-state index in [9.17, 15) is 4.79 Å². The summed E-state index contributed by atoms with van der Waals surface area (Å²) in [5.41, 5.74) is 3.32. The third-order valence-corrected chi connectivity index (χ3v) is 6.35. The van der Waals surface area contributed by atoms with Gasteiger partial charge in [-0.1, -0.05) is 114 Å². The number of rotatable bonds is 18. The summed E-state index contributed by atoms with van der Waals surface area (Å²) in [6.07, 6.45) is 15.9. The Morgan fingerprint density at radius 3 is 1.71 bits per heavy atom. The molecule has 0 radical (unpaired) electrons. The lowest BCUT2D eigenvalue weighted by atomic mass is 10.0. The summed E-state index contributed by atoms with van der Waals surface area (Å²) in [6, 6.07) is 16.6. The number of carbonyl (C=O) groups excluding carboxylic acids is 1. The average molecular weight is 467 g/mol. The van der Waals surface area contributed by atoms with E-state index in [0.717, 1.165) is 41.9 Å². The Morgan fingerprint density at radius 2 is 1.18 bits per heavy atom. The summed E-state index contributed by atoms with van der Waals surface area (Å²) in [5, 5.41) is 0. The minimum atomic E-state index is -0.223. The van der Waals surface area contributed by atoms with Gasteiger partial charge in [-0.15, -0.1) is 0 Å². The summed E-state index contributed by atoms with van der Waals surface area (Å²) in [4.78, 5) is 11.7. The molecule has 188 valence electrons. The van der Waals surface area contributed by atoms with Gasteiger partial charge in [-0.05, 0) is 48.6 Å². The van der Waals surface area contributed by atoms with Crippen molar-refractivity contribution in [3.63, 3.8) is 0 Å². The van der Waals surface area contributed by atoms with Crippen LogP contribution >= 0.6 is 0 Å². The summed E-state index contributed by atoms with van der Waals surface area (Å²) in [5.74, 6) is 0.798. The summed E-state index contributed by atoms with van der Waals surface area (Å²) in [6.45, 7) is 6.97. The maximum Gasteiger partial charge on any atom is 0.306 e.